The van der Waals surface area contributed by atoms with Crippen LogP contribution in [0.2, 0.25) is 0 Å². The highest BCUT2D eigenvalue weighted by Gasteiger charge is 2.33. The highest BCUT2D eigenvalue weighted by Crippen LogP contribution is 2.26. The summed E-state index contributed by atoms with van der Waals surface area (Å²) in [4.78, 5) is 67.1. The fraction of sp³-hybridized carbons (Fsp3) is 0.567. The van der Waals surface area contributed by atoms with Crippen molar-refractivity contribution < 1.29 is 38.2 Å². The number of aromatic nitrogens is 1. The summed E-state index contributed by atoms with van der Waals surface area (Å²) in [5, 5.41) is 8.99. The van der Waals surface area contributed by atoms with Crippen LogP contribution in [0.15, 0.2) is 24.3 Å². The van der Waals surface area contributed by atoms with Gasteiger partial charge in [0.25, 0.3) is 5.91 Å². The van der Waals surface area contributed by atoms with E-state index >= 15 is 0 Å². The van der Waals surface area contributed by atoms with E-state index in [1.807, 2.05) is 19.9 Å². The van der Waals surface area contributed by atoms with Gasteiger partial charge in [-0.25, -0.2) is 0 Å². The number of amides is 3. The van der Waals surface area contributed by atoms with Crippen LogP contribution in [0.4, 0.5) is 0 Å². The Balaban J connectivity index is 1.71. The molecular weight excluding hydrogens is 544 g/mol. The van der Waals surface area contributed by atoms with Gasteiger partial charge in [-0.2, -0.15) is 0 Å². The van der Waals surface area contributed by atoms with Crippen molar-refractivity contribution in [2.24, 2.45) is 17.3 Å². The topological polar surface area (TPSA) is 165 Å². The highest BCUT2D eigenvalue weighted by atomic mass is 16.7. The number of aromatic amines is 1. The fourth-order valence-electron chi connectivity index (χ4n) is 4.62. The Hall–Kier alpha value is -3.93. The van der Waals surface area contributed by atoms with E-state index in [0.717, 1.165) is 5.39 Å². The van der Waals surface area contributed by atoms with Crippen LogP contribution in [-0.4, -0.2) is 73.6 Å². The minimum absolute atomic E-state index is 0.0412. The van der Waals surface area contributed by atoms with Crippen LogP contribution in [0.5, 0.6) is 5.75 Å². The third-order valence-corrected chi connectivity index (χ3v) is 6.94. The maximum absolute atomic E-state index is 13.5. The number of rotatable bonds is 14. The van der Waals surface area contributed by atoms with Crippen molar-refractivity contribution in [2.45, 2.75) is 66.0 Å². The number of nitrogens with one attached hydrogen (secondary N) is 4. The van der Waals surface area contributed by atoms with Crippen LogP contribution < -0.4 is 20.7 Å². The molecule has 2 heterocycles. The van der Waals surface area contributed by atoms with Crippen LogP contribution in [-0.2, 0) is 28.7 Å². The molecule has 3 amide bonds. The van der Waals surface area contributed by atoms with Crippen LogP contribution in [0.1, 0.15) is 64.4 Å². The Morgan fingerprint density at radius 1 is 1.10 bits per heavy atom. The van der Waals surface area contributed by atoms with Crippen LogP contribution in [0, 0.1) is 17.3 Å². The second-order valence-electron chi connectivity index (χ2n) is 11.9. The molecule has 0 radical (unpaired) electrons. The summed E-state index contributed by atoms with van der Waals surface area (Å²) in [5.74, 6) is -2.01. The number of esters is 1. The Labute approximate surface area is 245 Å². The predicted octanol–water partition coefficient (Wildman–Crippen LogP) is 2.46. The van der Waals surface area contributed by atoms with Gasteiger partial charge >= 0.3 is 5.97 Å². The lowest BCUT2D eigenvalue weighted by molar-refractivity contribution is -0.167. The van der Waals surface area contributed by atoms with Gasteiger partial charge in [0.1, 0.15) is 24.1 Å². The van der Waals surface area contributed by atoms with Crippen molar-refractivity contribution in [3.8, 4) is 5.75 Å². The van der Waals surface area contributed by atoms with E-state index in [4.69, 9.17) is 14.2 Å². The van der Waals surface area contributed by atoms with Gasteiger partial charge in [0.05, 0.1) is 18.6 Å². The average Bonchev–Trinajstić information content (AvgIpc) is 3.55. The van der Waals surface area contributed by atoms with Gasteiger partial charge in [0.2, 0.25) is 11.8 Å². The number of H-pyrrole nitrogens is 1. The predicted molar refractivity (Wildman–Crippen MR) is 155 cm³/mol. The molecule has 12 nitrogen and oxygen atoms in total. The number of benzene rings is 1. The molecule has 1 saturated heterocycles. The second-order valence-corrected chi connectivity index (χ2v) is 11.9. The molecule has 12 heteroatoms. The van der Waals surface area contributed by atoms with Gasteiger partial charge in [-0.3, -0.25) is 24.0 Å². The smallest absolute Gasteiger partial charge is 0.313 e. The van der Waals surface area contributed by atoms with Crippen molar-refractivity contribution in [3.63, 3.8) is 0 Å². The fourth-order valence-corrected chi connectivity index (χ4v) is 4.62. The number of carbonyl (C=O) groups is 5. The molecule has 3 rings (SSSR count). The molecule has 1 aliphatic heterocycles. The van der Waals surface area contributed by atoms with E-state index < -0.39 is 60.4 Å². The maximum atomic E-state index is 13.5. The maximum Gasteiger partial charge on any atom is 0.313 e. The standard InChI is InChI=1S/C30H42N4O8/c1-17(2)12-22(34-28(38)23-14-19-20(32-23)8-7-9-25(19)40-6)27(37)33-21(13-18-10-11-31-26(18)36)24(35)15-41-16-42-29(39)30(3,4)5/h7-9,14,17-18,21-22,32H,10-13,15-16H2,1-6H3,(H,31,36)(H,33,37)(H,34,38)/t18-,21-,22-/m0/s1. The summed E-state index contributed by atoms with van der Waals surface area (Å²) in [6, 6.07) is 5.05. The van der Waals surface area contributed by atoms with Crippen molar-refractivity contribution in [3.05, 3.63) is 30.0 Å². The minimum atomic E-state index is -1.05. The first-order chi connectivity index (χ1) is 19.8. The molecule has 4 N–H and O–H groups in total. The summed E-state index contributed by atoms with van der Waals surface area (Å²) in [6.07, 6.45) is 0.912. The Bertz CT molecular complexity index is 1300. The summed E-state index contributed by atoms with van der Waals surface area (Å²) >= 11 is 0. The summed E-state index contributed by atoms with van der Waals surface area (Å²) in [6.45, 7) is 8.54. The van der Waals surface area contributed by atoms with Crippen molar-refractivity contribution >= 4 is 40.4 Å². The molecular formula is C30H42N4O8. The lowest BCUT2D eigenvalue weighted by Gasteiger charge is -2.25. The molecule has 3 atom stereocenters. The average molecular weight is 587 g/mol. The lowest BCUT2D eigenvalue weighted by Crippen LogP contribution is -2.53. The van der Waals surface area contributed by atoms with E-state index in [9.17, 15) is 24.0 Å². The van der Waals surface area contributed by atoms with E-state index in [1.165, 1.54) is 0 Å². The molecule has 230 valence electrons. The molecule has 0 bridgehead atoms. The van der Waals surface area contributed by atoms with Gasteiger partial charge in [-0.05, 0) is 64.2 Å². The summed E-state index contributed by atoms with van der Waals surface area (Å²) < 4.78 is 15.7. The number of carbonyl (C=O) groups excluding carboxylic acids is 5. The zero-order valence-electron chi connectivity index (χ0n) is 25.1. The van der Waals surface area contributed by atoms with Crippen molar-refractivity contribution in [1.29, 1.82) is 0 Å². The van der Waals surface area contributed by atoms with Gasteiger partial charge in [-0.1, -0.05) is 19.9 Å². The minimum Gasteiger partial charge on any atom is -0.496 e. The highest BCUT2D eigenvalue weighted by molar-refractivity contribution is 6.02. The molecule has 42 heavy (non-hydrogen) atoms. The third-order valence-electron chi connectivity index (χ3n) is 6.94. The second kappa shape index (κ2) is 14.3. The van der Waals surface area contributed by atoms with E-state index in [0.29, 0.717) is 30.7 Å². The monoisotopic (exact) mass is 586 g/mol. The quantitative estimate of drug-likeness (QED) is 0.149. The molecule has 0 unspecified atom stereocenters. The number of fused-ring (bicyclic) bond motifs is 1. The molecule has 1 aromatic carbocycles. The van der Waals surface area contributed by atoms with Crippen molar-refractivity contribution in [2.75, 3.05) is 27.1 Å². The van der Waals surface area contributed by atoms with E-state index in [2.05, 4.69) is 20.9 Å². The summed E-state index contributed by atoms with van der Waals surface area (Å²) in [7, 11) is 1.54. The Morgan fingerprint density at radius 2 is 1.83 bits per heavy atom. The first-order valence-corrected chi connectivity index (χ1v) is 14.1. The number of Topliss-reactive ketones (excluding diaryl/α,β-unsaturated/α-hetero) is 1. The molecule has 0 saturated carbocycles. The van der Waals surface area contributed by atoms with Crippen LogP contribution in [0.3, 0.4) is 0 Å². The van der Waals surface area contributed by atoms with E-state index in [-0.39, 0.29) is 23.9 Å². The number of ether oxygens (including phenoxy) is 3. The van der Waals surface area contributed by atoms with Gasteiger partial charge < -0.3 is 35.1 Å². The number of ketones is 1. The van der Waals surface area contributed by atoms with Gasteiger partial charge in [0.15, 0.2) is 12.6 Å². The van der Waals surface area contributed by atoms with Crippen LogP contribution in [0.25, 0.3) is 10.9 Å². The normalized spacial score (nSPS) is 16.5. The number of hydrogen-bond donors (Lipinski definition) is 4. The number of hydrogen-bond acceptors (Lipinski definition) is 8. The number of methoxy groups -OCH3 is 1. The van der Waals surface area contributed by atoms with E-state index in [1.54, 1.807) is 46.1 Å². The van der Waals surface area contributed by atoms with Crippen molar-refractivity contribution in [1.82, 2.24) is 20.9 Å². The molecule has 1 aliphatic rings. The SMILES string of the molecule is COc1cccc2[nH]c(C(=O)N[C@@H](CC(C)C)C(=O)N[C@@H](C[C@@H]3CCNC3=O)C(=O)COCOC(=O)C(C)(C)C)cc12. The first-order valence-electron chi connectivity index (χ1n) is 14.1. The van der Waals surface area contributed by atoms with Crippen LogP contribution >= 0.6 is 0 Å². The zero-order chi connectivity index (χ0) is 31.0. The molecule has 1 aromatic heterocycles. The molecule has 0 spiro atoms. The summed E-state index contributed by atoms with van der Waals surface area (Å²) in [5.41, 5.74) is 0.233. The molecule has 2 aromatic rings. The lowest BCUT2D eigenvalue weighted by atomic mass is 9.95. The van der Waals surface area contributed by atoms with Gasteiger partial charge in [-0.15, -0.1) is 0 Å². The van der Waals surface area contributed by atoms with Gasteiger partial charge in [0, 0.05) is 23.4 Å². The molecule has 1 fully saturated rings. The molecule has 0 aliphatic carbocycles. The first kappa shape index (κ1) is 32.6. The zero-order valence-corrected chi connectivity index (χ0v) is 25.1. The Kier molecular flexibility index (Phi) is 11.1. The Morgan fingerprint density at radius 3 is 2.45 bits per heavy atom. The largest absolute Gasteiger partial charge is 0.496 e. The third kappa shape index (κ3) is 8.78.